The van der Waals surface area contributed by atoms with E-state index in [0.717, 1.165) is 57.8 Å². The summed E-state index contributed by atoms with van der Waals surface area (Å²) < 4.78 is -1.28. The Bertz CT molecular complexity index is 648. The number of alkyl halides is 4. The summed E-state index contributed by atoms with van der Waals surface area (Å²) in [5, 5.41) is 29.8. The normalized spacial score (nSPS) is 9.98. The van der Waals surface area contributed by atoms with E-state index in [1.165, 1.54) is 0 Å². The fourth-order valence-corrected chi connectivity index (χ4v) is 2.78. The third-order valence-corrected chi connectivity index (χ3v) is 6.17. The smallest absolute Gasteiger partial charge is 0.550 e. The fourth-order valence-electron chi connectivity index (χ4n) is 2.78. The first-order valence-electron chi connectivity index (χ1n) is 14.5. The zero-order valence-corrected chi connectivity index (χ0v) is 30.9. The van der Waals surface area contributed by atoms with E-state index in [1.54, 1.807) is 12.4 Å². The molecule has 0 aliphatic carbocycles. The van der Waals surface area contributed by atoms with Gasteiger partial charge in [0.1, 0.15) is 0 Å². The largest absolute Gasteiger partial charge is 3.00 e. The van der Waals surface area contributed by atoms with Gasteiger partial charge in [0.2, 0.25) is 3.79 Å². The Balaban J connectivity index is -0.000000141. The number of carboxylic acid groups (broad SMARTS) is 3. The summed E-state index contributed by atoms with van der Waals surface area (Å²) >= 11 is 20.4. The Morgan fingerprint density at radius 1 is 0.605 bits per heavy atom. The molecule has 0 aliphatic rings. The first kappa shape index (κ1) is 51.8. The summed E-state index contributed by atoms with van der Waals surface area (Å²) in [4.78, 5) is 33.6. The number of nitrogens with zero attached hydrogens (tertiary/aromatic N) is 1. The molecule has 12 heteroatoms. The summed E-state index contributed by atoms with van der Waals surface area (Å²) in [5.41, 5.74) is 0. The third-order valence-electron chi connectivity index (χ3n) is 4.96. The molecule has 0 N–H and O–H groups in total. The van der Waals surface area contributed by atoms with Gasteiger partial charge in [0.15, 0.2) is 0 Å². The molecule has 0 amide bonds. The van der Waals surface area contributed by atoms with Crippen molar-refractivity contribution in [1.29, 1.82) is 0 Å². The molecule has 0 unspecified atom stereocenters. The summed E-state index contributed by atoms with van der Waals surface area (Å²) in [6.07, 6.45) is 12.8. The van der Waals surface area contributed by atoms with E-state index in [4.69, 9.17) is 46.4 Å². The maximum absolute atomic E-state index is 9.93. The van der Waals surface area contributed by atoms with Crippen molar-refractivity contribution < 1.29 is 47.1 Å². The van der Waals surface area contributed by atoms with E-state index in [1.807, 2.05) is 18.2 Å². The predicted molar refractivity (Wildman–Crippen MR) is 170 cm³/mol. The van der Waals surface area contributed by atoms with E-state index in [0.29, 0.717) is 17.8 Å². The minimum Gasteiger partial charge on any atom is -0.550 e. The van der Waals surface area contributed by atoms with Gasteiger partial charge >= 0.3 is 17.4 Å². The Morgan fingerprint density at radius 3 is 0.977 bits per heavy atom. The van der Waals surface area contributed by atoms with Crippen molar-refractivity contribution in [3.8, 4) is 0 Å². The van der Waals surface area contributed by atoms with Crippen LogP contribution in [0.5, 0.6) is 0 Å². The van der Waals surface area contributed by atoms with Crippen LogP contribution in [0.2, 0.25) is 0 Å². The molecule has 1 radical (unpaired) electrons. The van der Waals surface area contributed by atoms with Gasteiger partial charge in [-0.05, 0) is 68.4 Å². The number of aliphatic carboxylic acids is 3. The van der Waals surface area contributed by atoms with Crippen LogP contribution in [0.4, 0.5) is 0 Å². The zero-order valence-electron chi connectivity index (χ0n) is 26.6. The number of hydrogen-bond acceptors (Lipinski definition) is 7. The van der Waals surface area contributed by atoms with E-state index >= 15 is 0 Å². The number of halogens is 4. The van der Waals surface area contributed by atoms with Crippen molar-refractivity contribution in [1.82, 2.24) is 4.98 Å². The van der Waals surface area contributed by atoms with Crippen LogP contribution in [0.25, 0.3) is 0 Å². The number of carbonyl (C=O) groups excluding carboxylic acids is 3. The molecule has 1 rings (SSSR count). The molecule has 251 valence electrons. The second-order valence-corrected chi connectivity index (χ2v) is 13.6. The molecule has 1 aromatic rings. The van der Waals surface area contributed by atoms with Gasteiger partial charge in [0, 0.05) is 30.3 Å². The number of pyridine rings is 1. The van der Waals surface area contributed by atoms with Crippen LogP contribution in [-0.4, -0.2) is 32.6 Å². The van der Waals surface area contributed by atoms with Crippen molar-refractivity contribution in [2.75, 3.05) is 5.88 Å². The molecule has 1 aromatic heterocycles. The molecule has 7 nitrogen and oxygen atoms in total. The first-order valence-corrected chi connectivity index (χ1v) is 16.2. The quantitative estimate of drug-likeness (QED) is 0.148. The van der Waals surface area contributed by atoms with Crippen LogP contribution >= 0.6 is 46.4 Å². The molecule has 0 fully saturated rings. The van der Waals surface area contributed by atoms with Crippen LogP contribution in [0.15, 0.2) is 30.6 Å². The minimum atomic E-state index is -1.28. The van der Waals surface area contributed by atoms with E-state index < -0.39 is 21.7 Å². The number of aromatic nitrogens is 1. The maximum Gasteiger partial charge on any atom is 3.00 e. The second kappa shape index (κ2) is 37.4. The fraction of sp³-hybridized carbons (Fsp3) is 0.742. The van der Waals surface area contributed by atoms with Crippen molar-refractivity contribution in [3.05, 3.63) is 30.6 Å². The van der Waals surface area contributed by atoms with Gasteiger partial charge in [-0.3, -0.25) is 4.98 Å². The van der Waals surface area contributed by atoms with Crippen molar-refractivity contribution >= 4 is 64.3 Å². The van der Waals surface area contributed by atoms with E-state index in [2.05, 4.69) is 46.5 Å². The Labute approximate surface area is 291 Å². The van der Waals surface area contributed by atoms with Gasteiger partial charge in [-0.2, -0.15) is 0 Å². The standard InChI is InChI=1S/3C8H16O2.C5H5N.C2H2Cl4.Cr/c3*1-7(2)5-3-4-6-8(9)10;1-2-4-6-5-3-1;3-1-2(4,5)6;/h3*7H,3-6H2,1-2H3,(H,9,10);1-5H;1H2;/q;;;;;+3/p-3. The zero-order chi connectivity index (χ0) is 33.4. The van der Waals surface area contributed by atoms with Gasteiger partial charge in [-0.1, -0.05) is 121 Å². The monoisotopic (exact) mass is 726 g/mol. The van der Waals surface area contributed by atoms with E-state index in [9.17, 15) is 29.7 Å². The number of hydrogen-bond donors (Lipinski definition) is 0. The molecular weight excluding hydrogens is 676 g/mol. The van der Waals surface area contributed by atoms with Gasteiger partial charge < -0.3 is 29.7 Å². The van der Waals surface area contributed by atoms with Gasteiger partial charge in [-0.25, -0.2) is 0 Å². The minimum absolute atomic E-state index is 0. The molecular formula is C31H52Cl4CrNO6. The van der Waals surface area contributed by atoms with Crippen molar-refractivity contribution in [2.45, 2.75) is 122 Å². The van der Waals surface area contributed by atoms with Crippen LogP contribution < -0.4 is 15.3 Å². The number of carboxylic acids is 3. The second-order valence-electron chi connectivity index (χ2n) is 10.8. The number of carbonyl (C=O) groups is 3. The van der Waals surface area contributed by atoms with E-state index in [-0.39, 0.29) is 42.5 Å². The van der Waals surface area contributed by atoms with Gasteiger partial charge in [0.05, 0.1) is 5.88 Å². The summed E-state index contributed by atoms with van der Waals surface area (Å²) in [6, 6.07) is 5.72. The average molecular weight is 729 g/mol. The molecule has 0 aromatic carbocycles. The summed E-state index contributed by atoms with van der Waals surface area (Å²) in [5.74, 6) is -0.695. The maximum atomic E-state index is 9.93. The molecule has 43 heavy (non-hydrogen) atoms. The first-order chi connectivity index (χ1) is 19.4. The number of rotatable bonds is 15. The molecule has 0 spiro atoms. The average Bonchev–Trinajstić information content (AvgIpc) is 2.89. The van der Waals surface area contributed by atoms with Crippen LogP contribution in [0, 0.1) is 17.8 Å². The Morgan fingerprint density at radius 2 is 0.860 bits per heavy atom. The Kier molecular flexibility index (Phi) is 45.1. The Hall–Kier alpha value is -0.748. The molecule has 1 heterocycles. The van der Waals surface area contributed by atoms with Crippen molar-refractivity contribution in [3.63, 3.8) is 0 Å². The third kappa shape index (κ3) is 74.3. The molecule has 0 saturated heterocycles. The molecule has 0 bridgehead atoms. The SMILES string of the molecule is CC(C)CCCCC(=O)[O-].CC(C)CCCCC(=O)[O-].CC(C)CCCCC(=O)[O-].ClCC(Cl)(Cl)Cl.[Cr+3].c1ccncc1. The van der Waals surface area contributed by atoms with Gasteiger partial charge in [-0.15, -0.1) is 11.6 Å². The van der Waals surface area contributed by atoms with Crippen LogP contribution in [0.1, 0.15) is 119 Å². The molecule has 0 atom stereocenters. The summed E-state index contributed by atoms with van der Waals surface area (Å²) in [7, 11) is 0. The molecule has 0 aliphatic heterocycles. The van der Waals surface area contributed by atoms with Crippen molar-refractivity contribution in [2.24, 2.45) is 17.8 Å². The number of unbranched alkanes of at least 4 members (excludes halogenated alkanes) is 3. The molecule has 0 saturated carbocycles. The van der Waals surface area contributed by atoms with Crippen LogP contribution in [-0.2, 0) is 31.7 Å². The van der Waals surface area contributed by atoms with Crippen LogP contribution in [0.3, 0.4) is 0 Å². The topological polar surface area (TPSA) is 133 Å². The predicted octanol–water partition coefficient (Wildman–Crippen LogP) is 6.53. The summed E-state index contributed by atoms with van der Waals surface area (Å²) in [6.45, 7) is 12.8. The van der Waals surface area contributed by atoms with Gasteiger partial charge in [0.25, 0.3) is 0 Å².